The van der Waals surface area contributed by atoms with E-state index < -0.39 is 22.0 Å². The van der Waals surface area contributed by atoms with Crippen LogP contribution in [0.4, 0.5) is 10.5 Å². The number of nitrogens with zero attached hydrogens (tertiary/aromatic N) is 4. The summed E-state index contributed by atoms with van der Waals surface area (Å²) >= 11 is 1.30. The topological polar surface area (TPSA) is 140 Å². The fourth-order valence-corrected chi connectivity index (χ4v) is 6.75. The summed E-state index contributed by atoms with van der Waals surface area (Å²) in [7, 11) is -2.22. The SMILES string of the molecule is CCOC(=O)N1CCN(S(=O)(=O)c2ccc(C(=O)N=c3sc4cc(NC(C)=O)ccc4n3CCOC)cc2)CC1. The van der Waals surface area contributed by atoms with Gasteiger partial charge in [-0.2, -0.15) is 9.30 Å². The van der Waals surface area contributed by atoms with Crippen molar-refractivity contribution in [3.63, 3.8) is 0 Å². The molecule has 12 nitrogen and oxygen atoms in total. The molecule has 3 amide bonds. The van der Waals surface area contributed by atoms with Gasteiger partial charge < -0.3 is 24.3 Å². The average Bonchev–Trinajstić information content (AvgIpc) is 3.27. The third-order valence-electron chi connectivity index (χ3n) is 6.22. The molecule has 2 aromatic carbocycles. The second-order valence-corrected chi connectivity index (χ2v) is 11.9. The molecule has 0 aliphatic carbocycles. The van der Waals surface area contributed by atoms with E-state index in [1.807, 2.05) is 16.7 Å². The van der Waals surface area contributed by atoms with Crippen LogP contribution in [0.3, 0.4) is 0 Å². The Labute approximate surface area is 235 Å². The van der Waals surface area contributed by atoms with E-state index in [0.717, 1.165) is 10.2 Å². The van der Waals surface area contributed by atoms with Gasteiger partial charge in [-0.1, -0.05) is 11.3 Å². The molecule has 214 valence electrons. The number of thiazole rings is 1. The van der Waals surface area contributed by atoms with E-state index in [2.05, 4.69) is 10.3 Å². The molecule has 0 saturated carbocycles. The van der Waals surface area contributed by atoms with E-state index in [0.29, 0.717) is 23.6 Å². The van der Waals surface area contributed by atoms with Gasteiger partial charge in [0, 0.05) is 58.0 Å². The van der Waals surface area contributed by atoms with Crippen LogP contribution in [0, 0.1) is 0 Å². The van der Waals surface area contributed by atoms with Gasteiger partial charge in [-0.3, -0.25) is 9.59 Å². The average molecular weight is 590 g/mol. The molecule has 0 unspecified atom stereocenters. The molecule has 14 heteroatoms. The largest absolute Gasteiger partial charge is 0.450 e. The first-order valence-corrected chi connectivity index (χ1v) is 14.9. The number of amides is 3. The number of nitrogens with one attached hydrogen (secondary N) is 1. The van der Waals surface area contributed by atoms with E-state index in [-0.39, 0.29) is 49.2 Å². The maximum atomic E-state index is 13.1. The van der Waals surface area contributed by atoms with Crippen molar-refractivity contribution in [2.75, 3.05) is 51.8 Å². The summed E-state index contributed by atoms with van der Waals surface area (Å²) in [6.45, 7) is 5.03. The molecule has 1 aliphatic heterocycles. The number of ether oxygens (including phenoxy) is 2. The Hall–Kier alpha value is -3.59. The quantitative estimate of drug-likeness (QED) is 0.426. The zero-order valence-corrected chi connectivity index (χ0v) is 24.1. The molecule has 0 atom stereocenters. The maximum absolute atomic E-state index is 13.1. The standard InChI is InChI=1S/C26H31N5O7S2/c1-4-38-26(34)29-11-13-30(14-12-29)40(35,36)21-8-5-19(6-9-21)24(33)28-25-31(15-16-37-3)22-10-7-20(27-18(2)32)17-23(22)39-25/h5-10,17H,4,11-16H2,1-3H3,(H,27,32). The first-order valence-electron chi connectivity index (χ1n) is 12.6. The molecule has 3 aromatic rings. The molecule has 1 saturated heterocycles. The Balaban J connectivity index is 1.55. The Morgan fingerprint density at radius 1 is 1.05 bits per heavy atom. The van der Waals surface area contributed by atoms with Gasteiger partial charge in [-0.15, -0.1) is 0 Å². The number of anilines is 1. The molecule has 1 aliphatic rings. The highest BCUT2D eigenvalue weighted by molar-refractivity contribution is 7.89. The van der Waals surface area contributed by atoms with Crippen LogP contribution in [0.2, 0.25) is 0 Å². The molecule has 40 heavy (non-hydrogen) atoms. The number of sulfonamides is 1. The molecule has 1 aromatic heterocycles. The van der Waals surface area contributed by atoms with Gasteiger partial charge in [0.1, 0.15) is 0 Å². The lowest BCUT2D eigenvalue weighted by molar-refractivity contribution is -0.114. The van der Waals surface area contributed by atoms with Gasteiger partial charge in [0.25, 0.3) is 5.91 Å². The first-order chi connectivity index (χ1) is 19.1. The van der Waals surface area contributed by atoms with Crippen LogP contribution in [0.5, 0.6) is 0 Å². The summed E-state index contributed by atoms with van der Waals surface area (Å²) in [6, 6.07) is 11.1. The molecule has 0 bridgehead atoms. The minimum Gasteiger partial charge on any atom is -0.450 e. The molecule has 0 radical (unpaired) electrons. The van der Waals surface area contributed by atoms with Gasteiger partial charge in [-0.25, -0.2) is 13.2 Å². The fourth-order valence-electron chi connectivity index (χ4n) is 4.23. The minimum absolute atomic E-state index is 0.0520. The van der Waals surface area contributed by atoms with E-state index in [9.17, 15) is 22.8 Å². The van der Waals surface area contributed by atoms with Crippen molar-refractivity contribution in [2.45, 2.75) is 25.3 Å². The van der Waals surface area contributed by atoms with Crippen LogP contribution in [-0.4, -0.2) is 86.6 Å². The monoisotopic (exact) mass is 589 g/mol. The third-order valence-corrected chi connectivity index (χ3v) is 9.18. The van der Waals surface area contributed by atoms with Crippen LogP contribution in [-0.2, 0) is 30.8 Å². The summed E-state index contributed by atoms with van der Waals surface area (Å²) in [5.41, 5.74) is 1.71. The molecule has 4 rings (SSSR count). The highest BCUT2D eigenvalue weighted by Crippen LogP contribution is 2.23. The summed E-state index contributed by atoms with van der Waals surface area (Å²) in [6.07, 6.45) is -0.457. The third kappa shape index (κ3) is 6.58. The van der Waals surface area contributed by atoms with Crippen molar-refractivity contribution in [3.8, 4) is 0 Å². The number of carbonyl (C=O) groups is 3. The smallest absolute Gasteiger partial charge is 0.409 e. The molecular weight excluding hydrogens is 558 g/mol. The number of methoxy groups -OCH3 is 1. The highest BCUT2D eigenvalue weighted by atomic mass is 32.2. The number of rotatable bonds is 8. The molecule has 1 fully saturated rings. The number of hydrogen-bond acceptors (Lipinski definition) is 8. The van der Waals surface area contributed by atoms with Crippen LogP contribution >= 0.6 is 11.3 Å². The first kappa shape index (κ1) is 29.4. The van der Waals surface area contributed by atoms with Gasteiger partial charge >= 0.3 is 6.09 Å². The summed E-state index contributed by atoms with van der Waals surface area (Å²) in [5, 5.41) is 2.75. The van der Waals surface area contributed by atoms with Crippen molar-refractivity contribution >= 4 is 55.2 Å². The van der Waals surface area contributed by atoms with Crippen LogP contribution in [0.15, 0.2) is 52.4 Å². The summed E-state index contributed by atoms with van der Waals surface area (Å²) in [4.78, 5) is 42.7. The Kier molecular flexibility index (Phi) is 9.35. The van der Waals surface area contributed by atoms with Gasteiger partial charge in [0.2, 0.25) is 15.9 Å². The van der Waals surface area contributed by atoms with Gasteiger partial charge in [0.15, 0.2) is 4.80 Å². The number of benzene rings is 2. The lowest BCUT2D eigenvalue weighted by Gasteiger charge is -2.33. The zero-order valence-electron chi connectivity index (χ0n) is 22.5. The maximum Gasteiger partial charge on any atom is 0.409 e. The minimum atomic E-state index is -3.81. The van der Waals surface area contributed by atoms with Crippen molar-refractivity contribution in [1.29, 1.82) is 0 Å². The lowest BCUT2D eigenvalue weighted by atomic mass is 10.2. The van der Waals surface area contributed by atoms with E-state index in [1.165, 1.54) is 51.7 Å². The number of carbonyl (C=O) groups excluding carboxylic acids is 3. The van der Waals surface area contributed by atoms with Gasteiger partial charge in [0.05, 0.1) is 28.3 Å². The van der Waals surface area contributed by atoms with Crippen molar-refractivity contribution in [2.24, 2.45) is 4.99 Å². The highest BCUT2D eigenvalue weighted by Gasteiger charge is 2.30. The molecule has 1 N–H and O–H groups in total. The van der Waals surface area contributed by atoms with Crippen molar-refractivity contribution in [1.82, 2.24) is 13.8 Å². The Morgan fingerprint density at radius 2 is 1.75 bits per heavy atom. The van der Waals surface area contributed by atoms with Crippen molar-refractivity contribution in [3.05, 3.63) is 52.8 Å². The predicted octanol–water partition coefficient (Wildman–Crippen LogP) is 2.51. The second kappa shape index (κ2) is 12.7. The van der Waals surface area contributed by atoms with E-state index in [4.69, 9.17) is 9.47 Å². The lowest BCUT2D eigenvalue weighted by Crippen LogP contribution is -2.50. The van der Waals surface area contributed by atoms with Crippen molar-refractivity contribution < 1.29 is 32.3 Å². The van der Waals surface area contributed by atoms with E-state index in [1.54, 1.807) is 20.1 Å². The number of hydrogen-bond donors (Lipinski definition) is 1. The van der Waals surface area contributed by atoms with E-state index >= 15 is 0 Å². The number of fused-ring (bicyclic) bond motifs is 1. The van der Waals surface area contributed by atoms with Crippen LogP contribution in [0.25, 0.3) is 10.2 Å². The second-order valence-electron chi connectivity index (χ2n) is 8.92. The van der Waals surface area contributed by atoms with Crippen LogP contribution in [0.1, 0.15) is 24.2 Å². The molecular formula is C26H31N5O7S2. The number of aromatic nitrogens is 1. The molecule has 2 heterocycles. The Bertz CT molecular complexity index is 1570. The predicted molar refractivity (Wildman–Crippen MR) is 150 cm³/mol. The summed E-state index contributed by atoms with van der Waals surface area (Å²) < 4.78 is 40.5. The number of piperazine rings is 1. The fraction of sp³-hybridized carbons (Fsp3) is 0.385. The Morgan fingerprint density at radius 3 is 2.38 bits per heavy atom. The normalized spacial score (nSPS) is 14.9. The molecule has 0 spiro atoms. The van der Waals surface area contributed by atoms with Crippen LogP contribution < -0.4 is 10.1 Å². The summed E-state index contributed by atoms with van der Waals surface area (Å²) in [5.74, 6) is -0.709. The zero-order chi connectivity index (χ0) is 28.9. The van der Waals surface area contributed by atoms with Gasteiger partial charge in [-0.05, 0) is 49.4 Å².